The van der Waals surface area contributed by atoms with Gasteiger partial charge in [-0.3, -0.25) is 4.79 Å². The number of carbonyl (C=O) groups is 2. The molecule has 1 atom stereocenters. The van der Waals surface area contributed by atoms with Crippen molar-refractivity contribution in [3.05, 3.63) is 42.0 Å². The van der Waals surface area contributed by atoms with Crippen LogP contribution in [0.3, 0.4) is 0 Å². The number of nitrogens with zero attached hydrogens (tertiary/aromatic N) is 4. The van der Waals surface area contributed by atoms with Crippen LogP contribution in [0.25, 0.3) is 5.69 Å². The second-order valence-electron chi connectivity index (χ2n) is 5.45. The van der Waals surface area contributed by atoms with Gasteiger partial charge in [0, 0.05) is 6.04 Å². The van der Waals surface area contributed by atoms with Gasteiger partial charge < -0.3 is 10.0 Å². The van der Waals surface area contributed by atoms with Crippen LogP contribution in [-0.4, -0.2) is 49.0 Å². The van der Waals surface area contributed by atoms with E-state index in [1.165, 1.54) is 47.1 Å². The number of aliphatic carboxylic acids is 1. The van der Waals surface area contributed by atoms with Gasteiger partial charge in [0.15, 0.2) is 5.69 Å². The molecular weight excluding hydrogens is 303 g/mol. The van der Waals surface area contributed by atoms with Crippen LogP contribution in [0.4, 0.5) is 4.39 Å². The molecule has 1 aromatic heterocycles. The predicted molar refractivity (Wildman–Crippen MR) is 77.6 cm³/mol. The quantitative estimate of drug-likeness (QED) is 0.902. The molecule has 1 heterocycles. The van der Waals surface area contributed by atoms with Crippen LogP contribution in [0, 0.1) is 5.82 Å². The highest BCUT2D eigenvalue weighted by Crippen LogP contribution is 2.30. The van der Waals surface area contributed by atoms with E-state index < -0.39 is 17.9 Å². The average Bonchev–Trinajstić information content (AvgIpc) is 3.23. The number of hydrogen-bond donors (Lipinski definition) is 1. The van der Waals surface area contributed by atoms with Crippen molar-refractivity contribution in [2.75, 3.05) is 0 Å². The summed E-state index contributed by atoms with van der Waals surface area (Å²) in [7, 11) is 0. The SMILES string of the molecule is CC(C(=O)O)N(C(=O)c1cnn(-c2ccc(F)cc2)n1)C1CC1. The highest BCUT2D eigenvalue weighted by molar-refractivity contribution is 5.95. The summed E-state index contributed by atoms with van der Waals surface area (Å²) < 4.78 is 12.9. The molecule has 7 nitrogen and oxygen atoms in total. The number of rotatable bonds is 5. The first-order valence-electron chi connectivity index (χ1n) is 7.21. The number of halogens is 1. The number of carbonyl (C=O) groups excluding carboxylic acids is 1. The predicted octanol–water partition coefficient (Wildman–Crippen LogP) is 1.48. The summed E-state index contributed by atoms with van der Waals surface area (Å²) in [4.78, 5) is 26.3. The molecule has 1 unspecified atom stereocenters. The van der Waals surface area contributed by atoms with Crippen molar-refractivity contribution in [1.82, 2.24) is 19.9 Å². The van der Waals surface area contributed by atoms with E-state index >= 15 is 0 Å². The number of carboxylic acids is 1. The topological polar surface area (TPSA) is 88.3 Å². The Balaban J connectivity index is 1.85. The van der Waals surface area contributed by atoms with Gasteiger partial charge in [0.05, 0.1) is 11.9 Å². The van der Waals surface area contributed by atoms with Crippen LogP contribution >= 0.6 is 0 Å². The van der Waals surface area contributed by atoms with Crippen LogP contribution in [0.15, 0.2) is 30.5 Å². The minimum absolute atomic E-state index is 0.0642. The smallest absolute Gasteiger partial charge is 0.326 e. The Labute approximate surface area is 131 Å². The molecule has 120 valence electrons. The maximum absolute atomic E-state index is 12.9. The van der Waals surface area contributed by atoms with Crippen molar-refractivity contribution < 1.29 is 19.1 Å². The zero-order valence-electron chi connectivity index (χ0n) is 12.4. The summed E-state index contributed by atoms with van der Waals surface area (Å²) in [5, 5.41) is 17.2. The molecular formula is C15H15FN4O3. The van der Waals surface area contributed by atoms with Crippen LogP contribution in [0.2, 0.25) is 0 Å². The van der Waals surface area contributed by atoms with Crippen molar-refractivity contribution in [1.29, 1.82) is 0 Å². The maximum atomic E-state index is 12.9. The largest absolute Gasteiger partial charge is 0.480 e. The van der Waals surface area contributed by atoms with E-state index in [0.29, 0.717) is 5.69 Å². The molecule has 0 bridgehead atoms. The summed E-state index contributed by atoms with van der Waals surface area (Å²) >= 11 is 0. The Morgan fingerprint density at radius 3 is 2.57 bits per heavy atom. The van der Waals surface area contributed by atoms with Crippen LogP contribution in [-0.2, 0) is 4.79 Å². The average molecular weight is 318 g/mol. The summed E-state index contributed by atoms with van der Waals surface area (Å²) in [6.07, 6.45) is 2.86. The van der Waals surface area contributed by atoms with Crippen LogP contribution in [0.5, 0.6) is 0 Å². The summed E-state index contributed by atoms with van der Waals surface area (Å²) in [5.41, 5.74) is 0.573. The van der Waals surface area contributed by atoms with E-state index in [9.17, 15) is 14.0 Å². The molecule has 1 fully saturated rings. The van der Waals surface area contributed by atoms with E-state index in [4.69, 9.17) is 5.11 Å². The summed E-state index contributed by atoms with van der Waals surface area (Å²) in [5.74, 6) is -1.90. The second-order valence-corrected chi connectivity index (χ2v) is 5.45. The second kappa shape index (κ2) is 5.79. The molecule has 0 aliphatic heterocycles. The molecule has 1 amide bonds. The van der Waals surface area contributed by atoms with Gasteiger partial charge in [0.25, 0.3) is 5.91 Å². The molecule has 2 aromatic rings. The Kier molecular flexibility index (Phi) is 3.81. The fourth-order valence-electron chi connectivity index (χ4n) is 2.32. The summed E-state index contributed by atoms with van der Waals surface area (Å²) in [6, 6.07) is 4.52. The highest BCUT2D eigenvalue weighted by atomic mass is 19.1. The number of carboxylic acid groups (broad SMARTS) is 1. The van der Waals surface area contributed by atoms with Crippen molar-refractivity contribution in [2.45, 2.75) is 31.8 Å². The van der Waals surface area contributed by atoms with Gasteiger partial charge in [-0.15, -0.1) is 5.10 Å². The van der Waals surface area contributed by atoms with Gasteiger partial charge in [-0.2, -0.15) is 9.90 Å². The zero-order chi connectivity index (χ0) is 16.6. The third kappa shape index (κ3) is 3.05. The monoisotopic (exact) mass is 318 g/mol. The third-order valence-corrected chi connectivity index (χ3v) is 3.72. The lowest BCUT2D eigenvalue weighted by Crippen LogP contribution is -2.44. The first-order valence-corrected chi connectivity index (χ1v) is 7.21. The van der Waals surface area contributed by atoms with Gasteiger partial charge in [-0.1, -0.05) is 0 Å². The van der Waals surface area contributed by atoms with Gasteiger partial charge in [-0.25, -0.2) is 9.18 Å². The molecule has 1 aromatic carbocycles. The molecule has 8 heteroatoms. The van der Waals surface area contributed by atoms with Crippen molar-refractivity contribution >= 4 is 11.9 Å². The molecule has 0 spiro atoms. The first-order chi connectivity index (χ1) is 11.0. The lowest BCUT2D eigenvalue weighted by Gasteiger charge is -2.25. The summed E-state index contributed by atoms with van der Waals surface area (Å²) in [6.45, 7) is 1.48. The third-order valence-electron chi connectivity index (χ3n) is 3.72. The van der Waals surface area contributed by atoms with E-state index in [0.717, 1.165) is 12.8 Å². The fraction of sp³-hybridized carbons (Fsp3) is 0.333. The van der Waals surface area contributed by atoms with Crippen LogP contribution in [0.1, 0.15) is 30.3 Å². The molecule has 1 aliphatic carbocycles. The van der Waals surface area contributed by atoms with Crippen molar-refractivity contribution in [3.8, 4) is 5.69 Å². The Hall–Kier alpha value is -2.77. The van der Waals surface area contributed by atoms with E-state index in [1.807, 2.05) is 0 Å². The number of aromatic nitrogens is 3. The van der Waals surface area contributed by atoms with Crippen LogP contribution < -0.4 is 0 Å². The van der Waals surface area contributed by atoms with Gasteiger partial charge in [0.1, 0.15) is 11.9 Å². The number of hydrogen-bond acceptors (Lipinski definition) is 4. The minimum atomic E-state index is -1.06. The van der Waals surface area contributed by atoms with Gasteiger partial charge >= 0.3 is 5.97 Å². The normalized spacial score (nSPS) is 15.2. The lowest BCUT2D eigenvalue weighted by molar-refractivity contribution is -0.141. The first kappa shape index (κ1) is 15.1. The molecule has 1 saturated carbocycles. The molecule has 0 radical (unpaired) electrons. The molecule has 0 saturated heterocycles. The number of benzene rings is 1. The Morgan fingerprint density at radius 2 is 2.00 bits per heavy atom. The molecule has 1 N–H and O–H groups in total. The number of amides is 1. The van der Waals surface area contributed by atoms with E-state index in [1.54, 1.807) is 0 Å². The van der Waals surface area contributed by atoms with E-state index in [-0.39, 0.29) is 17.6 Å². The maximum Gasteiger partial charge on any atom is 0.326 e. The standard InChI is InChI=1S/C15H15FN4O3/c1-9(15(22)23)19(11-6-7-11)14(21)13-8-17-20(18-13)12-4-2-10(16)3-5-12/h2-5,8-9,11H,6-7H2,1H3,(H,22,23). The van der Waals surface area contributed by atoms with Gasteiger partial charge in [0.2, 0.25) is 0 Å². The Bertz CT molecular complexity index is 739. The molecule has 3 rings (SSSR count). The molecule has 1 aliphatic rings. The van der Waals surface area contributed by atoms with Crippen molar-refractivity contribution in [2.24, 2.45) is 0 Å². The fourth-order valence-corrected chi connectivity index (χ4v) is 2.32. The van der Waals surface area contributed by atoms with Gasteiger partial charge in [-0.05, 0) is 44.0 Å². The Morgan fingerprint density at radius 1 is 1.35 bits per heavy atom. The minimum Gasteiger partial charge on any atom is -0.480 e. The zero-order valence-corrected chi connectivity index (χ0v) is 12.4. The van der Waals surface area contributed by atoms with Crippen molar-refractivity contribution in [3.63, 3.8) is 0 Å². The highest BCUT2D eigenvalue weighted by Gasteiger charge is 2.39. The van der Waals surface area contributed by atoms with E-state index in [2.05, 4.69) is 10.2 Å². The lowest BCUT2D eigenvalue weighted by atomic mass is 10.2. The molecule has 23 heavy (non-hydrogen) atoms.